The van der Waals surface area contributed by atoms with E-state index in [1.165, 1.54) is 25.7 Å². The molecule has 2 heteroatoms. The molecule has 0 aliphatic heterocycles. The van der Waals surface area contributed by atoms with Crippen LogP contribution in [0.2, 0.25) is 0 Å². The summed E-state index contributed by atoms with van der Waals surface area (Å²) in [5.74, 6) is 1.69. The molecule has 0 spiro atoms. The van der Waals surface area contributed by atoms with Gasteiger partial charge in [-0.05, 0) is 31.1 Å². The van der Waals surface area contributed by atoms with E-state index >= 15 is 0 Å². The number of hydrogen-bond acceptors (Lipinski definition) is 0. The van der Waals surface area contributed by atoms with Gasteiger partial charge in [-0.3, -0.25) is 0 Å². The Bertz CT molecular complexity index is 204. The third-order valence-electron chi connectivity index (χ3n) is 4.22. The summed E-state index contributed by atoms with van der Waals surface area (Å²) in [7, 11) is 0. The van der Waals surface area contributed by atoms with E-state index in [0.29, 0.717) is 0 Å². The highest BCUT2D eigenvalue weighted by atomic mass is 35.5. The molecule has 1 atom stereocenters. The van der Waals surface area contributed by atoms with Crippen LogP contribution in [0.15, 0.2) is 0 Å². The van der Waals surface area contributed by atoms with Crippen LogP contribution in [-0.2, 0) is 0 Å². The Kier molecular flexibility index (Phi) is 2.36. The molecule has 0 bridgehead atoms. The van der Waals surface area contributed by atoms with Crippen LogP contribution < -0.4 is 0 Å². The molecule has 76 valence electrons. The summed E-state index contributed by atoms with van der Waals surface area (Å²) >= 11 is 12.4. The molecule has 1 unspecified atom stereocenters. The normalized spacial score (nSPS) is 48.9. The van der Waals surface area contributed by atoms with Crippen molar-refractivity contribution in [1.29, 1.82) is 0 Å². The predicted molar refractivity (Wildman–Crippen MR) is 58.3 cm³/mol. The van der Waals surface area contributed by atoms with Gasteiger partial charge in [-0.2, -0.15) is 0 Å². The summed E-state index contributed by atoms with van der Waals surface area (Å²) < 4.78 is -0.405. The molecule has 0 radical (unpaired) electrons. The minimum absolute atomic E-state index is 0.232. The summed E-state index contributed by atoms with van der Waals surface area (Å²) in [5.41, 5.74) is 0.232. The lowest BCUT2D eigenvalue weighted by atomic mass is 9.75. The van der Waals surface area contributed by atoms with Crippen molar-refractivity contribution in [2.24, 2.45) is 17.3 Å². The van der Waals surface area contributed by atoms with Crippen molar-refractivity contribution >= 4 is 23.2 Å². The molecule has 0 amide bonds. The van der Waals surface area contributed by atoms with Crippen molar-refractivity contribution in [2.45, 2.75) is 50.3 Å². The molecule has 2 aliphatic rings. The topological polar surface area (TPSA) is 0 Å². The quantitative estimate of drug-likeness (QED) is 0.576. The van der Waals surface area contributed by atoms with Gasteiger partial charge in [0.05, 0.1) is 0 Å². The zero-order valence-corrected chi connectivity index (χ0v) is 9.96. The second kappa shape index (κ2) is 3.03. The molecule has 2 saturated carbocycles. The van der Waals surface area contributed by atoms with E-state index < -0.39 is 4.33 Å². The van der Waals surface area contributed by atoms with Crippen LogP contribution in [0.5, 0.6) is 0 Å². The number of halogens is 2. The molecule has 0 nitrogen and oxygen atoms in total. The molecule has 0 saturated heterocycles. The van der Waals surface area contributed by atoms with Gasteiger partial charge in [0.15, 0.2) is 0 Å². The highest BCUT2D eigenvalue weighted by Gasteiger charge is 2.66. The highest BCUT2D eigenvalue weighted by molar-refractivity contribution is 6.51. The first kappa shape index (κ1) is 10.1. The lowest BCUT2D eigenvalue weighted by Crippen LogP contribution is -2.23. The van der Waals surface area contributed by atoms with Gasteiger partial charge in [0.1, 0.15) is 4.33 Å². The van der Waals surface area contributed by atoms with E-state index in [4.69, 9.17) is 23.2 Å². The maximum absolute atomic E-state index is 6.18. The number of hydrogen-bond donors (Lipinski definition) is 0. The van der Waals surface area contributed by atoms with E-state index in [1.54, 1.807) is 0 Å². The third kappa shape index (κ3) is 1.61. The molecule has 0 aromatic heterocycles. The van der Waals surface area contributed by atoms with E-state index in [1.807, 2.05) is 0 Å². The zero-order chi connectivity index (χ0) is 9.69. The van der Waals surface area contributed by atoms with Crippen LogP contribution in [0.1, 0.15) is 46.0 Å². The molecule has 0 aromatic carbocycles. The van der Waals surface area contributed by atoms with Crippen molar-refractivity contribution < 1.29 is 0 Å². The zero-order valence-electron chi connectivity index (χ0n) is 8.45. The van der Waals surface area contributed by atoms with Crippen molar-refractivity contribution in [3.63, 3.8) is 0 Å². The predicted octanol–water partition coefficient (Wildman–Crippen LogP) is 4.40. The molecular weight excluding hydrogens is 203 g/mol. The second-order valence-electron chi connectivity index (χ2n) is 5.26. The van der Waals surface area contributed by atoms with Gasteiger partial charge >= 0.3 is 0 Å². The second-order valence-corrected chi connectivity index (χ2v) is 6.74. The fourth-order valence-corrected chi connectivity index (χ4v) is 3.62. The van der Waals surface area contributed by atoms with Crippen LogP contribution in [0, 0.1) is 17.3 Å². The minimum Gasteiger partial charge on any atom is -0.101 e. The lowest BCUT2D eigenvalue weighted by molar-refractivity contribution is 0.206. The Morgan fingerprint density at radius 1 is 1.08 bits per heavy atom. The van der Waals surface area contributed by atoms with Gasteiger partial charge in [0.25, 0.3) is 0 Å². The molecule has 2 rings (SSSR count). The van der Waals surface area contributed by atoms with E-state index in [9.17, 15) is 0 Å². The fraction of sp³-hybridized carbons (Fsp3) is 1.00. The maximum atomic E-state index is 6.18. The molecule has 0 aromatic rings. The fourth-order valence-electron chi connectivity index (χ4n) is 2.76. The van der Waals surface area contributed by atoms with Crippen LogP contribution in [0.25, 0.3) is 0 Å². The Hall–Kier alpha value is 0.580. The van der Waals surface area contributed by atoms with Crippen molar-refractivity contribution in [3.05, 3.63) is 0 Å². The molecule has 2 aliphatic carbocycles. The number of alkyl halides is 2. The number of rotatable bonds is 1. The first-order chi connectivity index (χ1) is 5.96. The van der Waals surface area contributed by atoms with Gasteiger partial charge in [-0.25, -0.2) is 0 Å². The first-order valence-corrected chi connectivity index (χ1v) is 6.09. The highest BCUT2D eigenvalue weighted by Crippen LogP contribution is 2.69. The van der Waals surface area contributed by atoms with Crippen LogP contribution >= 0.6 is 23.2 Å². The van der Waals surface area contributed by atoms with Gasteiger partial charge < -0.3 is 0 Å². The van der Waals surface area contributed by atoms with E-state index in [0.717, 1.165) is 18.3 Å². The molecule has 0 heterocycles. The average Bonchev–Trinajstić information content (AvgIpc) is 2.53. The van der Waals surface area contributed by atoms with Crippen LogP contribution in [-0.4, -0.2) is 4.33 Å². The molecule has 2 fully saturated rings. The first-order valence-electron chi connectivity index (χ1n) is 5.33. The summed E-state index contributed by atoms with van der Waals surface area (Å²) in [6.07, 6.45) is 6.40. The Morgan fingerprint density at radius 3 is 1.92 bits per heavy atom. The van der Waals surface area contributed by atoms with Gasteiger partial charge in [-0.15, -0.1) is 23.2 Å². The maximum Gasteiger partial charge on any atom is 0.124 e. The Labute approximate surface area is 91.0 Å². The van der Waals surface area contributed by atoms with Crippen molar-refractivity contribution in [2.75, 3.05) is 0 Å². The Morgan fingerprint density at radius 2 is 1.54 bits per heavy atom. The minimum atomic E-state index is -0.405. The average molecular weight is 221 g/mol. The van der Waals surface area contributed by atoms with Crippen LogP contribution in [0.3, 0.4) is 0 Å². The van der Waals surface area contributed by atoms with Crippen LogP contribution in [0.4, 0.5) is 0 Å². The lowest BCUT2D eigenvalue weighted by Gasteiger charge is -2.31. The summed E-state index contributed by atoms with van der Waals surface area (Å²) in [5, 5.41) is 0. The summed E-state index contributed by atoms with van der Waals surface area (Å²) in [4.78, 5) is 0. The molecular formula is C11H18Cl2. The standard InChI is InChI=1S/C11H18Cl2/c1-8-3-5-9(6-4-8)10(2)7-11(10,12)13/h8-9H,3-7H2,1-2H3. The van der Waals surface area contributed by atoms with Crippen molar-refractivity contribution in [1.82, 2.24) is 0 Å². The summed E-state index contributed by atoms with van der Waals surface area (Å²) in [6, 6.07) is 0. The largest absolute Gasteiger partial charge is 0.124 e. The van der Waals surface area contributed by atoms with Gasteiger partial charge in [0.2, 0.25) is 0 Å². The SMILES string of the molecule is CC1CCC(C2(C)CC2(Cl)Cl)CC1. The van der Waals surface area contributed by atoms with Crippen molar-refractivity contribution in [3.8, 4) is 0 Å². The molecule has 13 heavy (non-hydrogen) atoms. The monoisotopic (exact) mass is 220 g/mol. The smallest absolute Gasteiger partial charge is 0.101 e. The molecule has 0 N–H and O–H groups in total. The van der Waals surface area contributed by atoms with Gasteiger partial charge in [-0.1, -0.05) is 26.7 Å². The van der Waals surface area contributed by atoms with E-state index in [2.05, 4.69) is 13.8 Å². The van der Waals surface area contributed by atoms with Gasteiger partial charge in [0, 0.05) is 5.41 Å². The Balaban J connectivity index is 1.96. The van der Waals surface area contributed by atoms with E-state index in [-0.39, 0.29) is 5.41 Å². The summed E-state index contributed by atoms with van der Waals surface area (Å²) in [6.45, 7) is 4.60. The third-order valence-corrected chi connectivity index (χ3v) is 5.35.